The van der Waals surface area contributed by atoms with Crippen molar-refractivity contribution in [2.45, 2.75) is 17.9 Å². The van der Waals surface area contributed by atoms with Crippen LogP contribution in [-0.4, -0.2) is 48.2 Å². The number of ether oxygens (including phenoxy) is 2. The molecule has 9 nitrogen and oxygen atoms in total. The van der Waals surface area contributed by atoms with E-state index in [-0.39, 0.29) is 29.4 Å². The molecule has 1 amide bonds. The Morgan fingerprint density at radius 3 is 2.50 bits per heavy atom. The van der Waals surface area contributed by atoms with Crippen molar-refractivity contribution in [3.63, 3.8) is 0 Å². The second-order valence-electron chi connectivity index (χ2n) is 7.10. The van der Waals surface area contributed by atoms with Crippen LogP contribution in [0, 0.1) is 5.82 Å². The lowest BCUT2D eigenvalue weighted by Crippen LogP contribution is -2.17. The quantitative estimate of drug-likeness (QED) is 0.527. The molecule has 0 saturated carbocycles. The first-order valence-electron chi connectivity index (χ1n) is 9.46. The van der Waals surface area contributed by atoms with Crippen molar-refractivity contribution in [3.8, 4) is 17.2 Å². The molecule has 0 aliphatic heterocycles. The molecular weight excluding hydrogens is 441 g/mol. The topological polar surface area (TPSA) is 120 Å². The molecule has 0 spiro atoms. The zero-order valence-corrected chi connectivity index (χ0v) is 18.4. The smallest absolute Gasteiger partial charge is 0.257 e. The Bertz CT molecular complexity index is 1240. The van der Waals surface area contributed by atoms with Crippen molar-refractivity contribution in [3.05, 3.63) is 60.0 Å². The number of aromatic nitrogens is 2. The van der Waals surface area contributed by atoms with Gasteiger partial charge in [0.05, 0.1) is 6.61 Å². The fourth-order valence-corrected chi connectivity index (χ4v) is 3.48. The van der Waals surface area contributed by atoms with E-state index in [4.69, 9.17) is 9.47 Å². The highest BCUT2D eigenvalue weighted by Gasteiger charge is 2.17. The number of rotatable bonds is 8. The highest BCUT2D eigenvalue weighted by molar-refractivity contribution is 7.90. The third kappa shape index (κ3) is 5.83. The number of halogens is 1. The normalized spacial score (nSPS) is 12.3. The lowest BCUT2D eigenvalue weighted by Gasteiger charge is -2.15. The molecule has 3 aromatic rings. The SMILES string of the molecule is C[C@@H](CO)Oc1cc(Oc2ccc(S(C)(=O)=O)c(F)c2)cc(C(=O)Nc2ccn(C)n2)c1. The standard InChI is InChI=1S/C21H22FN3O6S/c1-13(12-26)30-16-8-14(21(27)23-20-6-7-25(2)24-20)9-17(10-16)31-15-4-5-19(18(22)11-15)32(3,28)29/h4-11,13,26H,12H2,1-3H3,(H,23,24,27)/t13-/m0/s1. The van der Waals surface area contributed by atoms with Crippen LogP contribution in [0.25, 0.3) is 0 Å². The Labute approximate surface area is 184 Å². The molecule has 0 fully saturated rings. The lowest BCUT2D eigenvalue weighted by atomic mass is 10.2. The predicted octanol–water partition coefficient (Wildman–Crippen LogP) is 2.77. The Morgan fingerprint density at radius 1 is 1.19 bits per heavy atom. The molecule has 1 aromatic heterocycles. The van der Waals surface area contributed by atoms with Crippen LogP contribution in [0.4, 0.5) is 10.2 Å². The average Bonchev–Trinajstić information content (AvgIpc) is 3.11. The summed E-state index contributed by atoms with van der Waals surface area (Å²) in [5.74, 6) is -0.700. The molecule has 32 heavy (non-hydrogen) atoms. The Hall–Kier alpha value is -3.44. The van der Waals surface area contributed by atoms with Gasteiger partial charge in [0.1, 0.15) is 34.1 Å². The third-order valence-corrected chi connectivity index (χ3v) is 5.36. The number of aliphatic hydroxyl groups excluding tert-OH is 1. The maximum Gasteiger partial charge on any atom is 0.257 e. The van der Waals surface area contributed by atoms with Crippen LogP contribution in [0.1, 0.15) is 17.3 Å². The molecule has 2 aromatic carbocycles. The summed E-state index contributed by atoms with van der Waals surface area (Å²) in [7, 11) is -2.02. The zero-order valence-electron chi connectivity index (χ0n) is 17.6. The van der Waals surface area contributed by atoms with Gasteiger partial charge in [0.15, 0.2) is 15.7 Å². The van der Waals surface area contributed by atoms with Crippen molar-refractivity contribution in [1.29, 1.82) is 0 Å². The largest absolute Gasteiger partial charge is 0.488 e. The molecule has 0 unspecified atom stereocenters. The summed E-state index contributed by atoms with van der Waals surface area (Å²) in [5, 5.41) is 16.0. The maximum absolute atomic E-state index is 14.2. The van der Waals surface area contributed by atoms with Crippen LogP contribution in [0.5, 0.6) is 17.2 Å². The predicted molar refractivity (Wildman–Crippen MR) is 114 cm³/mol. The van der Waals surface area contributed by atoms with Crippen LogP contribution in [0.2, 0.25) is 0 Å². The highest BCUT2D eigenvalue weighted by Crippen LogP contribution is 2.30. The van der Waals surface area contributed by atoms with Gasteiger partial charge in [-0.1, -0.05) is 0 Å². The van der Waals surface area contributed by atoms with E-state index in [1.165, 1.54) is 28.9 Å². The molecule has 2 N–H and O–H groups in total. The first-order chi connectivity index (χ1) is 15.0. The molecule has 11 heteroatoms. The number of carbonyl (C=O) groups excluding carboxylic acids is 1. The molecule has 0 saturated heterocycles. The van der Waals surface area contributed by atoms with Crippen LogP contribution < -0.4 is 14.8 Å². The van der Waals surface area contributed by atoms with E-state index in [0.29, 0.717) is 5.82 Å². The number of benzene rings is 2. The van der Waals surface area contributed by atoms with Gasteiger partial charge in [0, 0.05) is 43.3 Å². The van der Waals surface area contributed by atoms with Crippen molar-refractivity contribution in [2.24, 2.45) is 7.05 Å². The summed E-state index contributed by atoms with van der Waals surface area (Å²) in [6.45, 7) is 1.39. The maximum atomic E-state index is 14.2. The third-order valence-electron chi connectivity index (χ3n) is 4.23. The molecule has 0 aliphatic rings. The van der Waals surface area contributed by atoms with Gasteiger partial charge in [0.2, 0.25) is 0 Å². The van der Waals surface area contributed by atoms with Gasteiger partial charge in [-0.15, -0.1) is 0 Å². The number of hydrogen-bond acceptors (Lipinski definition) is 7. The minimum absolute atomic E-state index is 0.0262. The number of amides is 1. The summed E-state index contributed by atoms with van der Waals surface area (Å²) >= 11 is 0. The number of aryl methyl sites for hydroxylation is 1. The monoisotopic (exact) mass is 463 g/mol. The Morgan fingerprint density at radius 2 is 1.91 bits per heavy atom. The van der Waals surface area contributed by atoms with Gasteiger partial charge in [-0.25, -0.2) is 12.8 Å². The van der Waals surface area contributed by atoms with Crippen LogP contribution in [0.15, 0.2) is 53.6 Å². The van der Waals surface area contributed by atoms with Gasteiger partial charge in [-0.05, 0) is 31.2 Å². The van der Waals surface area contributed by atoms with Crippen LogP contribution in [0.3, 0.4) is 0 Å². The molecule has 0 radical (unpaired) electrons. The molecular formula is C21H22FN3O6S. The highest BCUT2D eigenvalue weighted by atomic mass is 32.2. The van der Waals surface area contributed by atoms with Crippen molar-refractivity contribution in [2.75, 3.05) is 18.2 Å². The zero-order chi connectivity index (χ0) is 23.5. The van der Waals surface area contributed by atoms with Crippen molar-refractivity contribution in [1.82, 2.24) is 9.78 Å². The van der Waals surface area contributed by atoms with Gasteiger partial charge < -0.3 is 19.9 Å². The minimum atomic E-state index is -3.73. The van der Waals surface area contributed by atoms with E-state index in [0.717, 1.165) is 18.4 Å². The van der Waals surface area contributed by atoms with Gasteiger partial charge >= 0.3 is 0 Å². The fraction of sp³-hybridized carbons (Fsp3) is 0.238. The number of sulfone groups is 1. The minimum Gasteiger partial charge on any atom is -0.488 e. The van der Waals surface area contributed by atoms with Gasteiger partial charge in [-0.2, -0.15) is 5.10 Å². The molecule has 1 atom stereocenters. The van der Waals surface area contributed by atoms with E-state index in [2.05, 4.69) is 10.4 Å². The Balaban J connectivity index is 1.92. The van der Waals surface area contributed by atoms with Crippen LogP contribution >= 0.6 is 0 Å². The number of aliphatic hydroxyl groups is 1. The first kappa shape index (κ1) is 23.2. The van der Waals surface area contributed by atoms with Crippen LogP contribution in [-0.2, 0) is 16.9 Å². The van der Waals surface area contributed by atoms with Crippen molar-refractivity contribution < 1.29 is 32.2 Å². The van der Waals surface area contributed by atoms with E-state index in [9.17, 15) is 22.7 Å². The second-order valence-corrected chi connectivity index (χ2v) is 9.08. The lowest BCUT2D eigenvalue weighted by molar-refractivity contribution is 0.102. The van der Waals surface area contributed by atoms with E-state index in [1.54, 1.807) is 26.2 Å². The van der Waals surface area contributed by atoms with E-state index >= 15 is 0 Å². The Kier molecular flexibility index (Phi) is 6.80. The van der Waals surface area contributed by atoms with E-state index in [1.807, 2.05) is 0 Å². The summed E-state index contributed by atoms with van der Waals surface area (Å²) in [6.07, 6.45) is 2.02. The number of nitrogens with zero attached hydrogens (tertiary/aromatic N) is 2. The molecule has 170 valence electrons. The fourth-order valence-electron chi connectivity index (χ4n) is 2.75. The summed E-state index contributed by atoms with van der Waals surface area (Å²) in [4.78, 5) is 12.2. The summed E-state index contributed by atoms with van der Waals surface area (Å²) in [6, 6.07) is 9.30. The summed E-state index contributed by atoms with van der Waals surface area (Å²) < 4.78 is 50.2. The van der Waals surface area contributed by atoms with Crippen molar-refractivity contribution >= 4 is 21.6 Å². The molecule has 0 bridgehead atoms. The number of anilines is 1. The molecule has 0 aliphatic carbocycles. The molecule has 3 rings (SSSR count). The first-order valence-corrected chi connectivity index (χ1v) is 11.4. The number of hydrogen-bond donors (Lipinski definition) is 2. The summed E-state index contributed by atoms with van der Waals surface area (Å²) in [5.41, 5.74) is 0.168. The van der Waals surface area contributed by atoms with Gasteiger partial charge in [-0.3, -0.25) is 9.48 Å². The number of nitrogens with one attached hydrogen (secondary N) is 1. The van der Waals surface area contributed by atoms with E-state index < -0.39 is 32.6 Å². The van der Waals surface area contributed by atoms with Gasteiger partial charge in [0.25, 0.3) is 5.91 Å². The number of carbonyl (C=O) groups is 1. The second kappa shape index (κ2) is 9.37. The molecule has 1 heterocycles. The average molecular weight is 463 g/mol.